The molecule has 1 unspecified atom stereocenters. The number of ether oxygens (including phenoxy) is 1. The van der Waals surface area contributed by atoms with E-state index in [0.717, 1.165) is 12.0 Å². The van der Waals surface area contributed by atoms with Crippen molar-refractivity contribution in [2.24, 2.45) is 5.73 Å². The minimum absolute atomic E-state index is 0.0817. The molecular weight excluding hydrogens is 256 g/mol. The lowest BCUT2D eigenvalue weighted by molar-refractivity contribution is -0.147. The zero-order valence-electron chi connectivity index (χ0n) is 12.0. The molecular formula is C15H22N2O3. The summed E-state index contributed by atoms with van der Waals surface area (Å²) in [5.74, 6) is -0.668. The largest absolute Gasteiger partial charge is 0.468 e. The van der Waals surface area contributed by atoms with Gasteiger partial charge in [0, 0.05) is 6.54 Å². The molecule has 0 radical (unpaired) electrons. The molecule has 5 nitrogen and oxygen atoms in total. The van der Waals surface area contributed by atoms with E-state index in [1.165, 1.54) is 12.0 Å². The van der Waals surface area contributed by atoms with Crippen molar-refractivity contribution in [3.05, 3.63) is 35.9 Å². The van der Waals surface area contributed by atoms with Gasteiger partial charge in [-0.3, -0.25) is 9.59 Å². The number of hydrogen-bond acceptors (Lipinski definition) is 4. The third-order valence-corrected chi connectivity index (χ3v) is 2.99. The van der Waals surface area contributed by atoms with Crippen LogP contribution in [0.2, 0.25) is 0 Å². The molecule has 1 aromatic rings. The summed E-state index contributed by atoms with van der Waals surface area (Å²) in [5, 5.41) is 0. The lowest BCUT2D eigenvalue weighted by atomic mass is 10.1. The topological polar surface area (TPSA) is 72.6 Å². The number of carbonyl (C=O) groups is 2. The van der Waals surface area contributed by atoms with Gasteiger partial charge in [-0.1, -0.05) is 43.7 Å². The van der Waals surface area contributed by atoms with Gasteiger partial charge in [0.1, 0.15) is 6.54 Å². The second-order valence-electron chi connectivity index (χ2n) is 4.65. The Bertz CT molecular complexity index is 434. The van der Waals surface area contributed by atoms with Gasteiger partial charge in [-0.15, -0.1) is 0 Å². The highest BCUT2D eigenvalue weighted by atomic mass is 16.5. The smallest absolute Gasteiger partial charge is 0.325 e. The van der Waals surface area contributed by atoms with Crippen LogP contribution in [0.1, 0.15) is 25.3 Å². The summed E-state index contributed by atoms with van der Waals surface area (Å²) in [7, 11) is 1.31. The Balaban J connectivity index is 2.79. The van der Waals surface area contributed by atoms with Crippen molar-refractivity contribution in [3.8, 4) is 0 Å². The summed E-state index contributed by atoms with van der Waals surface area (Å²) in [4.78, 5) is 25.2. The number of esters is 1. The fourth-order valence-electron chi connectivity index (χ4n) is 1.90. The maximum atomic E-state index is 12.3. The number of nitrogens with two attached hydrogens (primary N) is 1. The van der Waals surface area contributed by atoms with Crippen LogP contribution in [-0.2, 0) is 20.9 Å². The summed E-state index contributed by atoms with van der Waals surface area (Å²) >= 11 is 0. The Morgan fingerprint density at radius 2 is 1.95 bits per heavy atom. The maximum absolute atomic E-state index is 12.3. The number of carbonyl (C=O) groups excluding carboxylic acids is 2. The Morgan fingerprint density at radius 3 is 2.50 bits per heavy atom. The fourth-order valence-corrected chi connectivity index (χ4v) is 1.90. The van der Waals surface area contributed by atoms with Gasteiger partial charge in [0.05, 0.1) is 13.2 Å². The van der Waals surface area contributed by atoms with Crippen LogP contribution < -0.4 is 5.73 Å². The van der Waals surface area contributed by atoms with Crippen LogP contribution in [0.5, 0.6) is 0 Å². The molecule has 0 aliphatic rings. The Labute approximate surface area is 119 Å². The van der Waals surface area contributed by atoms with Crippen molar-refractivity contribution >= 4 is 11.9 Å². The number of hydrogen-bond donors (Lipinski definition) is 1. The van der Waals surface area contributed by atoms with E-state index in [1.54, 1.807) is 0 Å². The van der Waals surface area contributed by atoms with Crippen molar-refractivity contribution in [2.75, 3.05) is 13.7 Å². The van der Waals surface area contributed by atoms with Crippen LogP contribution in [0.4, 0.5) is 0 Å². The number of rotatable bonds is 7. The average Bonchev–Trinajstić information content (AvgIpc) is 2.47. The summed E-state index contributed by atoms with van der Waals surface area (Å²) in [6, 6.07) is 8.92. The summed E-state index contributed by atoms with van der Waals surface area (Å²) in [5.41, 5.74) is 6.81. The van der Waals surface area contributed by atoms with Gasteiger partial charge in [-0.05, 0) is 12.0 Å². The molecule has 0 saturated heterocycles. The van der Waals surface area contributed by atoms with Gasteiger partial charge in [-0.2, -0.15) is 0 Å². The molecule has 0 aliphatic heterocycles. The normalized spacial score (nSPS) is 11.8. The van der Waals surface area contributed by atoms with E-state index in [2.05, 4.69) is 4.74 Å². The lowest BCUT2D eigenvalue weighted by Gasteiger charge is -2.24. The highest BCUT2D eigenvalue weighted by molar-refractivity contribution is 5.85. The fraction of sp³-hybridized carbons (Fsp3) is 0.467. The molecule has 2 N–H and O–H groups in total. The summed E-state index contributed by atoms with van der Waals surface area (Å²) < 4.78 is 4.63. The zero-order valence-corrected chi connectivity index (χ0v) is 12.0. The van der Waals surface area contributed by atoms with Crippen LogP contribution in [-0.4, -0.2) is 36.5 Å². The molecule has 0 saturated carbocycles. The predicted octanol–water partition coefficient (Wildman–Crippen LogP) is 1.32. The van der Waals surface area contributed by atoms with Gasteiger partial charge < -0.3 is 15.4 Å². The van der Waals surface area contributed by atoms with Crippen LogP contribution >= 0.6 is 0 Å². The van der Waals surface area contributed by atoms with Crippen LogP contribution in [0, 0.1) is 0 Å². The van der Waals surface area contributed by atoms with Gasteiger partial charge in [0.25, 0.3) is 0 Å². The third kappa shape index (κ3) is 5.01. The minimum atomic E-state index is -0.576. The van der Waals surface area contributed by atoms with E-state index < -0.39 is 12.0 Å². The number of methoxy groups -OCH3 is 1. The van der Waals surface area contributed by atoms with E-state index in [-0.39, 0.29) is 12.5 Å². The summed E-state index contributed by atoms with van der Waals surface area (Å²) in [6.45, 7) is 2.24. The Kier molecular flexibility index (Phi) is 6.73. The molecule has 0 fully saturated rings. The van der Waals surface area contributed by atoms with E-state index >= 15 is 0 Å². The van der Waals surface area contributed by atoms with E-state index in [4.69, 9.17) is 5.73 Å². The molecule has 110 valence electrons. The zero-order chi connectivity index (χ0) is 15.0. The van der Waals surface area contributed by atoms with Crippen LogP contribution in [0.15, 0.2) is 30.3 Å². The first-order valence-electron chi connectivity index (χ1n) is 6.73. The molecule has 20 heavy (non-hydrogen) atoms. The predicted molar refractivity (Wildman–Crippen MR) is 76.8 cm³/mol. The molecule has 1 atom stereocenters. The van der Waals surface area contributed by atoms with Crippen molar-refractivity contribution in [1.82, 2.24) is 4.90 Å². The second-order valence-corrected chi connectivity index (χ2v) is 4.65. The molecule has 1 aromatic carbocycles. The molecule has 0 spiro atoms. The third-order valence-electron chi connectivity index (χ3n) is 2.99. The monoisotopic (exact) mass is 278 g/mol. The van der Waals surface area contributed by atoms with E-state index in [1.807, 2.05) is 37.3 Å². The SMILES string of the molecule is CCCC(N)C(=O)N(CC(=O)OC)Cc1ccccc1. The Hall–Kier alpha value is -1.88. The van der Waals surface area contributed by atoms with Crippen molar-refractivity contribution in [2.45, 2.75) is 32.4 Å². The lowest BCUT2D eigenvalue weighted by Crippen LogP contribution is -2.45. The highest BCUT2D eigenvalue weighted by Crippen LogP contribution is 2.08. The first-order valence-corrected chi connectivity index (χ1v) is 6.73. The molecule has 0 bridgehead atoms. The van der Waals surface area contributed by atoms with Gasteiger partial charge >= 0.3 is 5.97 Å². The molecule has 1 rings (SSSR count). The highest BCUT2D eigenvalue weighted by Gasteiger charge is 2.23. The molecule has 0 heterocycles. The number of nitrogens with zero attached hydrogens (tertiary/aromatic N) is 1. The van der Waals surface area contributed by atoms with E-state index in [9.17, 15) is 9.59 Å². The average molecular weight is 278 g/mol. The van der Waals surface area contributed by atoms with Gasteiger partial charge in [0.2, 0.25) is 5.91 Å². The van der Waals surface area contributed by atoms with Gasteiger partial charge in [0.15, 0.2) is 0 Å². The first-order chi connectivity index (χ1) is 9.58. The van der Waals surface area contributed by atoms with Crippen molar-refractivity contribution < 1.29 is 14.3 Å². The summed E-state index contributed by atoms with van der Waals surface area (Å²) in [6.07, 6.45) is 1.43. The molecule has 0 aliphatic carbocycles. The standard InChI is InChI=1S/C15H22N2O3/c1-3-7-13(16)15(19)17(11-14(18)20-2)10-12-8-5-4-6-9-12/h4-6,8-9,13H,3,7,10-11,16H2,1-2H3. The van der Waals surface area contributed by atoms with Crippen LogP contribution in [0.25, 0.3) is 0 Å². The van der Waals surface area contributed by atoms with Crippen molar-refractivity contribution in [3.63, 3.8) is 0 Å². The maximum Gasteiger partial charge on any atom is 0.325 e. The van der Waals surface area contributed by atoms with Gasteiger partial charge in [-0.25, -0.2) is 0 Å². The molecule has 1 amide bonds. The quantitative estimate of drug-likeness (QED) is 0.763. The van der Waals surface area contributed by atoms with Crippen LogP contribution in [0.3, 0.4) is 0 Å². The Morgan fingerprint density at radius 1 is 1.30 bits per heavy atom. The van der Waals surface area contributed by atoms with E-state index in [0.29, 0.717) is 13.0 Å². The molecule has 5 heteroatoms. The number of benzene rings is 1. The van der Waals surface area contributed by atoms with Crippen molar-refractivity contribution in [1.29, 1.82) is 0 Å². The molecule has 0 aromatic heterocycles. The second kappa shape index (κ2) is 8.32. The first kappa shape index (κ1) is 16.2. The minimum Gasteiger partial charge on any atom is -0.468 e. The number of amides is 1.